The van der Waals surface area contributed by atoms with Gasteiger partial charge in [0, 0.05) is 0 Å². The van der Waals surface area contributed by atoms with Crippen molar-refractivity contribution in [3.63, 3.8) is 0 Å². The van der Waals surface area contributed by atoms with Gasteiger partial charge in [-0.05, 0) is 12.1 Å². The summed E-state index contributed by atoms with van der Waals surface area (Å²) in [5.41, 5.74) is -4.22. The van der Waals surface area contributed by atoms with E-state index in [1.807, 2.05) is 0 Å². The summed E-state index contributed by atoms with van der Waals surface area (Å²) in [6.45, 7) is 0. The third-order valence-corrected chi connectivity index (χ3v) is 2.35. The largest absolute Gasteiger partial charge is 0.418 e. The molecule has 0 saturated heterocycles. The van der Waals surface area contributed by atoms with E-state index in [0.29, 0.717) is 6.07 Å². The minimum atomic E-state index is -5.01. The summed E-state index contributed by atoms with van der Waals surface area (Å²) in [5, 5.41) is 0. The molecule has 1 aromatic carbocycles. The first-order chi connectivity index (χ1) is 8.63. The third-order valence-electron chi connectivity index (χ3n) is 2.35. The lowest BCUT2D eigenvalue weighted by molar-refractivity contribution is -0.142. The molecule has 1 N–H and O–H groups in total. The third kappa shape index (κ3) is 2.40. The number of hydrogen-bond donors (Lipinski definition) is 1. The smallest absolute Gasteiger partial charge is 0.336 e. The Hall–Kier alpha value is -2.06. The van der Waals surface area contributed by atoms with Crippen molar-refractivity contribution in [2.75, 3.05) is 0 Å². The minimum absolute atomic E-state index is 0.0300. The number of halogens is 6. The monoisotopic (exact) mass is 282 g/mol. The van der Waals surface area contributed by atoms with Crippen LogP contribution in [0.1, 0.15) is 21.7 Å². The van der Waals surface area contributed by atoms with Gasteiger partial charge in [-0.25, -0.2) is 4.98 Å². The molecule has 0 aliphatic carbocycles. The number of nitrogens with one attached hydrogen (secondary N) is 1. The van der Waals surface area contributed by atoms with Gasteiger partial charge in [0.25, 0.3) is 0 Å². The maximum absolute atomic E-state index is 12.7. The van der Waals surface area contributed by atoms with Crippen LogP contribution in [0.25, 0.3) is 11.0 Å². The first-order valence-electron chi connectivity index (χ1n) is 4.76. The van der Waals surface area contributed by atoms with Gasteiger partial charge in [-0.15, -0.1) is 0 Å². The van der Waals surface area contributed by atoms with Crippen LogP contribution < -0.4 is 0 Å². The predicted molar refractivity (Wildman–Crippen MR) is 51.5 cm³/mol. The Morgan fingerprint density at radius 3 is 2.16 bits per heavy atom. The molecule has 19 heavy (non-hydrogen) atoms. The molecule has 0 spiro atoms. The number of rotatable bonds is 1. The van der Waals surface area contributed by atoms with E-state index in [4.69, 9.17) is 0 Å². The molecule has 2 rings (SSSR count). The van der Waals surface area contributed by atoms with E-state index in [-0.39, 0.29) is 12.4 Å². The topological polar surface area (TPSA) is 45.8 Å². The molecule has 0 radical (unpaired) electrons. The average molecular weight is 282 g/mol. The van der Waals surface area contributed by atoms with Gasteiger partial charge in [0.2, 0.25) is 0 Å². The molecule has 9 heteroatoms. The van der Waals surface area contributed by atoms with Crippen LogP contribution in [0.15, 0.2) is 12.1 Å². The number of aromatic nitrogens is 2. The maximum Gasteiger partial charge on any atom is 0.418 e. The van der Waals surface area contributed by atoms with Crippen molar-refractivity contribution < 1.29 is 31.1 Å². The fourth-order valence-corrected chi connectivity index (χ4v) is 1.57. The molecule has 0 aliphatic rings. The Morgan fingerprint density at radius 2 is 1.68 bits per heavy atom. The van der Waals surface area contributed by atoms with Crippen LogP contribution in [0.4, 0.5) is 26.3 Å². The summed E-state index contributed by atoms with van der Waals surface area (Å²) < 4.78 is 75.6. The molecular weight excluding hydrogens is 278 g/mol. The van der Waals surface area contributed by atoms with Gasteiger partial charge in [-0.1, -0.05) is 0 Å². The molecule has 0 saturated carbocycles. The van der Waals surface area contributed by atoms with Crippen molar-refractivity contribution in [1.29, 1.82) is 0 Å². The fourth-order valence-electron chi connectivity index (χ4n) is 1.57. The lowest BCUT2D eigenvalue weighted by Crippen LogP contribution is -2.11. The van der Waals surface area contributed by atoms with Crippen molar-refractivity contribution in [1.82, 2.24) is 9.97 Å². The highest BCUT2D eigenvalue weighted by molar-refractivity contribution is 5.85. The molecule has 1 aromatic heterocycles. The number of aromatic amines is 1. The maximum atomic E-state index is 12.7. The number of hydrogen-bond acceptors (Lipinski definition) is 2. The van der Waals surface area contributed by atoms with Crippen molar-refractivity contribution >= 4 is 17.3 Å². The van der Waals surface area contributed by atoms with E-state index < -0.39 is 40.3 Å². The van der Waals surface area contributed by atoms with Crippen molar-refractivity contribution in [2.45, 2.75) is 12.4 Å². The van der Waals surface area contributed by atoms with E-state index >= 15 is 0 Å². The number of benzene rings is 1. The molecule has 0 bridgehead atoms. The second-order valence-electron chi connectivity index (χ2n) is 3.66. The fraction of sp³-hybridized carbons (Fsp3) is 0.200. The summed E-state index contributed by atoms with van der Waals surface area (Å²) in [4.78, 5) is 15.8. The summed E-state index contributed by atoms with van der Waals surface area (Å²) in [7, 11) is 0. The zero-order valence-electron chi connectivity index (χ0n) is 8.86. The zero-order valence-corrected chi connectivity index (χ0v) is 8.86. The Kier molecular flexibility index (Phi) is 2.79. The standard InChI is InChI=1S/C10H4F6N2O/c11-9(12,13)4-1-5(10(14,15)16)8-6(2-4)17-7(3-19)18-8/h1-3H,(H,17,18). The molecule has 0 unspecified atom stereocenters. The van der Waals surface area contributed by atoms with Gasteiger partial charge in [0.1, 0.15) is 5.52 Å². The van der Waals surface area contributed by atoms with Crippen LogP contribution in [-0.2, 0) is 12.4 Å². The van der Waals surface area contributed by atoms with E-state index in [9.17, 15) is 31.1 Å². The lowest BCUT2D eigenvalue weighted by Gasteiger charge is -2.11. The molecule has 102 valence electrons. The van der Waals surface area contributed by atoms with Gasteiger partial charge in [-0.3, -0.25) is 4.79 Å². The van der Waals surface area contributed by atoms with E-state index in [0.717, 1.165) is 0 Å². The van der Waals surface area contributed by atoms with Crippen LogP contribution in [0.2, 0.25) is 0 Å². The van der Waals surface area contributed by atoms with Crippen LogP contribution in [0.3, 0.4) is 0 Å². The Labute approximate surface area is 101 Å². The van der Waals surface area contributed by atoms with E-state index in [2.05, 4.69) is 9.97 Å². The first-order valence-corrected chi connectivity index (χ1v) is 4.76. The van der Waals surface area contributed by atoms with Crippen molar-refractivity contribution in [3.8, 4) is 0 Å². The number of fused-ring (bicyclic) bond motifs is 1. The summed E-state index contributed by atoms with van der Waals surface area (Å²) in [5.74, 6) is -0.472. The zero-order chi connectivity index (χ0) is 14.4. The van der Waals surface area contributed by atoms with Gasteiger partial charge < -0.3 is 4.98 Å². The number of carbonyl (C=O) groups is 1. The van der Waals surface area contributed by atoms with Gasteiger partial charge in [0.05, 0.1) is 16.6 Å². The lowest BCUT2D eigenvalue weighted by atomic mass is 10.1. The van der Waals surface area contributed by atoms with Gasteiger partial charge in [-0.2, -0.15) is 26.3 Å². The predicted octanol–water partition coefficient (Wildman–Crippen LogP) is 3.41. The molecule has 0 aliphatic heterocycles. The number of alkyl halides is 6. The molecule has 1 heterocycles. The van der Waals surface area contributed by atoms with Gasteiger partial charge >= 0.3 is 12.4 Å². The number of aldehydes is 1. The van der Waals surface area contributed by atoms with Crippen LogP contribution in [-0.4, -0.2) is 16.3 Å². The molecule has 2 aromatic rings. The Balaban J connectivity index is 2.82. The highest BCUT2D eigenvalue weighted by Gasteiger charge is 2.39. The summed E-state index contributed by atoms with van der Waals surface area (Å²) in [6.07, 6.45) is -9.82. The second-order valence-corrected chi connectivity index (χ2v) is 3.66. The SMILES string of the molecule is O=Cc1nc2c(C(F)(F)F)cc(C(F)(F)F)cc2[nH]1. The quantitative estimate of drug-likeness (QED) is 0.643. The molecule has 0 atom stereocenters. The van der Waals surface area contributed by atoms with Crippen molar-refractivity contribution in [3.05, 3.63) is 29.1 Å². The number of H-pyrrole nitrogens is 1. The highest BCUT2D eigenvalue weighted by atomic mass is 19.4. The molecule has 3 nitrogen and oxygen atoms in total. The number of carbonyl (C=O) groups excluding carboxylic acids is 1. The van der Waals surface area contributed by atoms with Crippen LogP contribution in [0.5, 0.6) is 0 Å². The summed E-state index contributed by atoms with van der Waals surface area (Å²) >= 11 is 0. The molecule has 0 amide bonds. The van der Waals surface area contributed by atoms with E-state index in [1.54, 1.807) is 0 Å². The summed E-state index contributed by atoms with van der Waals surface area (Å²) in [6, 6.07) is 0.447. The minimum Gasteiger partial charge on any atom is -0.336 e. The number of nitrogens with zero attached hydrogens (tertiary/aromatic N) is 1. The second kappa shape index (κ2) is 3.97. The Morgan fingerprint density at radius 1 is 1.05 bits per heavy atom. The van der Waals surface area contributed by atoms with Crippen LogP contribution in [0, 0.1) is 0 Å². The first kappa shape index (κ1) is 13.4. The molecular formula is C10H4F6N2O. The van der Waals surface area contributed by atoms with Crippen molar-refractivity contribution in [2.24, 2.45) is 0 Å². The van der Waals surface area contributed by atoms with Gasteiger partial charge in [0.15, 0.2) is 12.1 Å². The number of imidazole rings is 1. The molecule has 0 fully saturated rings. The highest BCUT2D eigenvalue weighted by Crippen LogP contribution is 2.39. The van der Waals surface area contributed by atoms with E-state index in [1.165, 1.54) is 0 Å². The average Bonchev–Trinajstić information content (AvgIpc) is 2.67. The Bertz CT molecular complexity index is 640. The normalized spacial score (nSPS) is 12.9. The van der Waals surface area contributed by atoms with Crippen LogP contribution >= 0.6 is 0 Å².